The van der Waals surface area contributed by atoms with Crippen LogP contribution in [0, 0.1) is 0 Å². The standard InChI is InChI=1S/C32H42BN5O6S/c1-6-31(7-2)32(8-3,9-4)44-33(43-31)23-14-15-25-28(20-23)45(40,41)36-29(25)37(17-18-42-5)34-21-22-13-16-26-27(19-22)38(30(39)35-26)24-11-10-12-24/h13-16,19-21,24H,6-12,17-18H2,1-5H3,(H,35,39)/b34-21+. The van der Waals surface area contributed by atoms with Crippen LogP contribution in [0.1, 0.15) is 89.8 Å². The van der Waals surface area contributed by atoms with E-state index in [-0.39, 0.29) is 29.0 Å². The SMILES string of the molecule is CCC1(CC)OB(c2ccc3c(c2)S(=O)(=O)N=C3N(CCOC)/N=C/c2ccc3[nH]c(=O)n(C4CCC4)c3c2)OC1(CC)CC. The van der Waals surface area contributed by atoms with Crippen LogP contribution in [0.5, 0.6) is 0 Å². The summed E-state index contributed by atoms with van der Waals surface area (Å²) in [4.78, 5) is 15.7. The molecule has 3 heterocycles. The van der Waals surface area contributed by atoms with Crippen LogP contribution < -0.4 is 11.2 Å². The van der Waals surface area contributed by atoms with Crippen molar-refractivity contribution in [2.75, 3.05) is 20.3 Å². The maximum Gasteiger partial charge on any atom is 0.494 e. The zero-order valence-electron chi connectivity index (χ0n) is 26.7. The molecule has 2 aliphatic heterocycles. The fourth-order valence-corrected chi connectivity index (χ4v) is 8.39. The van der Waals surface area contributed by atoms with Gasteiger partial charge in [-0.25, -0.2) is 9.80 Å². The highest BCUT2D eigenvalue weighted by Crippen LogP contribution is 2.47. The lowest BCUT2D eigenvalue weighted by atomic mass is 9.75. The number of amidine groups is 1. The Bertz CT molecular complexity index is 1780. The second-order valence-corrected chi connectivity index (χ2v) is 13.7. The number of fused-ring (bicyclic) bond motifs is 2. The molecule has 2 aromatic carbocycles. The molecule has 2 fully saturated rings. The second-order valence-electron chi connectivity index (χ2n) is 12.1. The minimum atomic E-state index is -4.00. The summed E-state index contributed by atoms with van der Waals surface area (Å²) in [5.41, 5.74) is 2.46. The molecule has 0 unspecified atom stereocenters. The summed E-state index contributed by atoms with van der Waals surface area (Å²) in [7, 11) is -3.10. The van der Waals surface area contributed by atoms with Crippen LogP contribution in [-0.4, -0.2) is 73.6 Å². The van der Waals surface area contributed by atoms with Gasteiger partial charge in [0.25, 0.3) is 10.0 Å². The van der Waals surface area contributed by atoms with Crippen LogP contribution >= 0.6 is 0 Å². The van der Waals surface area contributed by atoms with Gasteiger partial charge in [0.2, 0.25) is 0 Å². The van der Waals surface area contributed by atoms with Crippen molar-refractivity contribution in [1.82, 2.24) is 14.6 Å². The molecule has 1 aromatic heterocycles. The Kier molecular flexibility index (Phi) is 8.57. The smallest absolute Gasteiger partial charge is 0.399 e. The zero-order chi connectivity index (χ0) is 32.0. The number of nitrogens with zero attached hydrogens (tertiary/aromatic N) is 4. The van der Waals surface area contributed by atoms with Gasteiger partial charge in [-0.15, -0.1) is 4.40 Å². The molecule has 240 valence electrons. The molecule has 0 spiro atoms. The first-order valence-corrected chi connectivity index (χ1v) is 17.5. The summed E-state index contributed by atoms with van der Waals surface area (Å²) < 4.78 is 51.4. The molecule has 3 aromatic rings. The summed E-state index contributed by atoms with van der Waals surface area (Å²) in [5, 5.41) is 6.22. The summed E-state index contributed by atoms with van der Waals surface area (Å²) >= 11 is 0. The van der Waals surface area contributed by atoms with Crippen LogP contribution in [0.15, 0.2) is 55.6 Å². The topological polar surface area (TPSA) is 128 Å². The van der Waals surface area contributed by atoms with E-state index in [2.05, 4.69) is 42.2 Å². The van der Waals surface area contributed by atoms with E-state index in [1.165, 1.54) is 0 Å². The second kappa shape index (κ2) is 12.2. The van der Waals surface area contributed by atoms with Crippen molar-refractivity contribution in [3.05, 3.63) is 58.0 Å². The van der Waals surface area contributed by atoms with E-state index in [9.17, 15) is 13.2 Å². The van der Waals surface area contributed by atoms with E-state index < -0.39 is 28.3 Å². The van der Waals surface area contributed by atoms with Crippen molar-refractivity contribution in [3.63, 3.8) is 0 Å². The lowest BCUT2D eigenvalue weighted by molar-refractivity contribution is -0.0601. The molecule has 0 radical (unpaired) electrons. The number of methoxy groups -OCH3 is 1. The highest BCUT2D eigenvalue weighted by atomic mass is 32.2. The van der Waals surface area contributed by atoms with Gasteiger partial charge in [0.05, 0.1) is 41.6 Å². The molecular weight excluding hydrogens is 593 g/mol. The number of benzene rings is 2. The van der Waals surface area contributed by atoms with Crippen LogP contribution in [0.2, 0.25) is 0 Å². The van der Waals surface area contributed by atoms with Gasteiger partial charge >= 0.3 is 12.8 Å². The average Bonchev–Trinajstić information content (AvgIpc) is 3.63. The monoisotopic (exact) mass is 635 g/mol. The first-order chi connectivity index (χ1) is 21.6. The Morgan fingerprint density at radius 3 is 2.38 bits per heavy atom. The fourth-order valence-electron chi connectivity index (χ4n) is 7.15. The molecule has 45 heavy (non-hydrogen) atoms. The van der Waals surface area contributed by atoms with E-state index in [4.69, 9.17) is 14.0 Å². The van der Waals surface area contributed by atoms with Gasteiger partial charge in [-0.1, -0.05) is 45.9 Å². The molecule has 0 bridgehead atoms. The molecular formula is C32H42BN5O6S. The maximum atomic E-state index is 13.4. The third-order valence-corrected chi connectivity index (χ3v) is 11.4. The number of H-pyrrole nitrogens is 1. The minimum Gasteiger partial charge on any atom is -0.399 e. The average molecular weight is 636 g/mol. The van der Waals surface area contributed by atoms with E-state index in [1.807, 2.05) is 28.8 Å². The zero-order valence-corrected chi connectivity index (χ0v) is 27.5. The molecule has 1 aliphatic carbocycles. The third kappa shape index (κ3) is 5.27. The van der Waals surface area contributed by atoms with E-state index in [0.29, 0.717) is 17.6 Å². The van der Waals surface area contributed by atoms with Crippen LogP contribution in [0.3, 0.4) is 0 Å². The van der Waals surface area contributed by atoms with E-state index in [0.717, 1.165) is 61.5 Å². The lowest BCUT2D eigenvalue weighted by Crippen LogP contribution is -2.50. The number of hydrazone groups is 1. The van der Waals surface area contributed by atoms with E-state index in [1.54, 1.807) is 30.5 Å². The number of hydrogen-bond acceptors (Lipinski definition) is 8. The summed E-state index contributed by atoms with van der Waals surface area (Å²) in [6.45, 7) is 9.03. The first kappa shape index (κ1) is 31.7. The first-order valence-electron chi connectivity index (χ1n) is 16.0. The summed E-state index contributed by atoms with van der Waals surface area (Å²) in [6, 6.07) is 11.1. The van der Waals surface area contributed by atoms with Crippen molar-refractivity contribution in [1.29, 1.82) is 0 Å². The Morgan fingerprint density at radius 1 is 1.09 bits per heavy atom. The van der Waals surface area contributed by atoms with Crippen LogP contribution in [0.25, 0.3) is 11.0 Å². The fraction of sp³-hybridized carbons (Fsp3) is 0.531. The molecule has 1 N–H and O–H groups in total. The minimum absolute atomic E-state index is 0.0992. The molecule has 6 rings (SSSR count). The molecule has 1 saturated heterocycles. The predicted molar refractivity (Wildman–Crippen MR) is 176 cm³/mol. The lowest BCUT2D eigenvalue weighted by Gasteiger charge is -2.42. The number of aromatic nitrogens is 2. The van der Waals surface area contributed by atoms with Crippen LogP contribution in [-0.2, 0) is 24.1 Å². The van der Waals surface area contributed by atoms with Gasteiger partial charge in [0.1, 0.15) is 4.90 Å². The highest BCUT2D eigenvalue weighted by molar-refractivity contribution is 7.90. The number of nitrogens with one attached hydrogen (secondary N) is 1. The molecule has 3 aliphatic rings. The van der Waals surface area contributed by atoms with Crippen molar-refractivity contribution < 1.29 is 22.5 Å². The van der Waals surface area contributed by atoms with Crippen LogP contribution in [0.4, 0.5) is 0 Å². The molecule has 1 saturated carbocycles. The predicted octanol–water partition coefficient (Wildman–Crippen LogP) is 4.35. The van der Waals surface area contributed by atoms with Crippen molar-refractivity contribution >= 4 is 45.7 Å². The van der Waals surface area contributed by atoms with Gasteiger partial charge in [0.15, 0.2) is 5.84 Å². The van der Waals surface area contributed by atoms with Crippen molar-refractivity contribution in [2.45, 2.75) is 94.8 Å². The molecule has 0 atom stereocenters. The maximum absolute atomic E-state index is 13.4. The Labute approximate surface area is 264 Å². The number of sulfonamides is 1. The number of rotatable bonds is 11. The normalized spacial score (nSPS) is 20.1. The third-order valence-electron chi connectivity index (χ3n) is 10.1. The molecule has 11 nitrogen and oxygen atoms in total. The Morgan fingerprint density at radius 2 is 1.78 bits per heavy atom. The summed E-state index contributed by atoms with van der Waals surface area (Å²) in [6.07, 6.45) is 7.91. The van der Waals surface area contributed by atoms with Gasteiger partial charge in [-0.2, -0.15) is 13.5 Å². The van der Waals surface area contributed by atoms with Crippen molar-refractivity contribution in [3.8, 4) is 0 Å². The molecule has 13 heteroatoms. The quantitative estimate of drug-likeness (QED) is 0.189. The number of aromatic amines is 1. The largest absolute Gasteiger partial charge is 0.494 e. The Balaban J connectivity index is 1.32. The summed E-state index contributed by atoms with van der Waals surface area (Å²) in [5.74, 6) is 0.222. The van der Waals surface area contributed by atoms with Crippen molar-refractivity contribution in [2.24, 2.45) is 9.50 Å². The highest BCUT2D eigenvalue weighted by Gasteiger charge is 2.58. The number of ether oxygens (including phenoxy) is 1. The number of hydrogen-bond donors (Lipinski definition) is 1. The van der Waals surface area contributed by atoms with Gasteiger partial charge in [-0.05, 0) is 74.2 Å². The van der Waals surface area contributed by atoms with E-state index >= 15 is 0 Å². The number of imidazole rings is 1. The molecule has 0 amide bonds. The van der Waals surface area contributed by atoms with Gasteiger partial charge in [0, 0.05) is 18.7 Å². The van der Waals surface area contributed by atoms with Gasteiger partial charge < -0.3 is 19.0 Å². The van der Waals surface area contributed by atoms with Gasteiger partial charge in [-0.3, -0.25) is 4.57 Å². The Hall–Kier alpha value is -3.26.